The molecule has 0 saturated heterocycles. The van der Waals surface area contributed by atoms with E-state index in [-0.39, 0.29) is 0 Å². The number of hydrogen-bond donors (Lipinski definition) is 1. The summed E-state index contributed by atoms with van der Waals surface area (Å²) in [7, 11) is 3.75. The lowest BCUT2D eigenvalue weighted by molar-refractivity contribution is -0.168. The fourth-order valence-corrected chi connectivity index (χ4v) is 0.520. The minimum atomic E-state index is -0.482. The van der Waals surface area contributed by atoms with Crippen molar-refractivity contribution in [3.8, 4) is 0 Å². The molecule has 0 rings (SSSR count). The molecule has 0 heterocycles. The van der Waals surface area contributed by atoms with E-state index in [2.05, 4.69) is 11.9 Å². The van der Waals surface area contributed by atoms with Gasteiger partial charge in [0.2, 0.25) is 0 Å². The highest BCUT2D eigenvalue weighted by Crippen LogP contribution is 1.98. The van der Waals surface area contributed by atoms with Crippen molar-refractivity contribution in [2.24, 2.45) is 0 Å². The average Bonchev–Trinajstić information content (AvgIpc) is 2.05. The third kappa shape index (κ3) is 11.1. The first-order chi connectivity index (χ1) is 6.49. The van der Waals surface area contributed by atoms with Crippen LogP contribution in [0.5, 0.6) is 0 Å². The molecule has 1 N–H and O–H groups in total. The Morgan fingerprint density at radius 2 is 1.93 bits per heavy atom. The molecule has 0 bridgehead atoms. The second-order valence-electron chi connectivity index (χ2n) is 2.71. The van der Waals surface area contributed by atoms with Crippen LogP contribution < -0.4 is 5.32 Å². The van der Waals surface area contributed by atoms with Crippen molar-refractivity contribution >= 4 is 5.97 Å². The Morgan fingerprint density at radius 1 is 1.50 bits per heavy atom. The Bertz CT molecular complexity index is 169. The van der Waals surface area contributed by atoms with E-state index < -0.39 is 12.3 Å². The quantitative estimate of drug-likeness (QED) is 0.425. The third-order valence-corrected chi connectivity index (χ3v) is 1.02. The van der Waals surface area contributed by atoms with E-state index in [9.17, 15) is 4.79 Å². The summed E-state index contributed by atoms with van der Waals surface area (Å²) < 4.78 is 9.77. The summed E-state index contributed by atoms with van der Waals surface area (Å²) in [6.45, 7) is 9.08. The van der Waals surface area contributed by atoms with Gasteiger partial charge in [-0.15, -0.1) is 0 Å². The highest BCUT2D eigenvalue weighted by atomic mass is 16.7. The Hall–Kier alpha value is -0.870. The molecule has 0 aliphatic rings. The molecule has 0 fully saturated rings. The van der Waals surface area contributed by atoms with E-state index in [1.165, 1.54) is 0 Å². The maximum Gasteiger partial charge on any atom is 0.335 e. The Morgan fingerprint density at radius 3 is 2.21 bits per heavy atom. The smallest absolute Gasteiger partial charge is 0.335 e. The number of rotatable bonds is 4. The first-order valence-corrected chi connectivity index (χ1v) is 4.56. The summed E-state index contributed by atoms with van der Waals surface area (Å²) in [5.41, 5.74) is 0.386. The standard InChI is InChI=1S/C8H14O3.C2H7N/c1-5-10-7(4)11-8(9)6(2)3;1-3-2/h7H,2,5H2,1,3-4H3;3H,1-2H3. The fraction of sp³-hybridized carbons (Fsp3) is 0.700. The molecule has 0 saturated carbocycles. The van der Waals surface area contributed by atoms with E-state index >= 15 is 0 Å². The SMILES string of the molecule is C=C(C)C(=O)OC(C)OCC.CNC. The molecule has 0 aromatic rings. The van der Waals surface area contributed by atoms with Crippen molar-refractivity contribution < 1.29 is 14.3 Å². The second kappa shape index (κ2) is 10.2. The molecule has 0 spiro atoms. The van der Waals surface area contributed by atoms with Gasteiger partial charge in [-0.3, -0.25) is 0 Å². The molecule has 14 heavy (non-hydrogen) atoms. The van der Waals surface area contributed by atoms with Crippen molar-refractivity contribution in [1.82, 2.24) is 5.32 Å². The molecule has 4 heteroatoms. The average molecular weight is 203 g/mol. The number of esters is 1. The van der Waals surface area contributed by atoms with Crippen LogP contribution in [0.4, 0.5) is 0 Å². The number of carbonyl (C=O) groups is 1. The number of nitrogens with one attached hydrogen (secondary N) is 1. The van der Waals surface area contributed by atoms with Gasteiger partial charge in [0.05, 0.1) is 0 Å². The van der Waals surface area contributed by atoms with Crippen LogP contribution in [0.2, 0.25) is 0 Å². The third-order valence-electron chi connectivity index (χ3n) is 1.02. The lowest BCUT2D eigenvalue weighted by Gasteiger charge is -2.11. The van der Waals surface area contributed by atoms with Gasteiger partial charge in [-0.2, -0.15) is 0 Å². The first-order valence-electron chi connectivity index (χ1n) is 4.56. The zero-order chi connectivity index (χ0) is 11.6. The zero-order valence-corrected chi connectivity index (χ0v) is 9.72. The molecule has 0 aliphatic carbocycles. The summed E-state index contributed by atoms with van der Waals surface area (Å²) in [6.07, 6.45) is -0.482. The monoisotopic (exact) mass is 203 g/mol. The minimum Gasteiger partial charge on any atom is -0.433 e. The summed E-state index contributed by atoms with van der Waals surface area (Å²) in [4.78, 5) is 10.8. The normalized spacial score (nSPS) is 10.9. The van der Waals surface area contributed by atoms with Crippen molar-refractivity contribution in [3.63, 3.8) is 0 Å². The molecule has 0 amide bonds. The van der Waals surface area contributed by atoms with Gasteiger partial charge in [-0.05, 0) is 34.9 Å². The number of hydrogen-bond acceptors (Lipinski definition) is 4. The van der Waals surface area contributed by atoms with Crippen LogP contribution in [-0.2, 0) is 14.3 Å². The van der Waals surface area contributed by atoms with Crippen molar-refractivity contribution in [2.75, 3.05) is 20.7 Å². The Balaban J connectivity index is 0. The summed E-state index contributed by atoms with van der Waals surface area (Å²) in [6, 6.07) is 0. The highest BCUT2D eigenvalue weighted by Gasteiger charge is 2.08. The van der Waals surface area contributed by atoms with Crippen molar-refractivity contribution in [1.29, 1.82) is 0 Å². The van der Waals surface area contributed by atoms with E-state index in [4.69, 9.17) is 9.47 Å². The maximum absolute atomic E-state index is 10.8. The summed E-state index contributed by atoms with van der Waals surface area (Å²) >= 11 is 0. The molecule has 1 unspecified atom stereocenters. The summed E-state index contributed by atoms with van der Waals surface area (Å²) in [5, 5.41) is 2.75. The van der Waals surface area contributed by atoms with Crippen molar-refractivity contribution in [2.45, 2.75) is 27.1 Å². The minimum absolute atomic E-state index is 0.386. The van der Waals surface area contributed by atoms with Crippen LogP contribution in [0.25, 0.3) is 0 Å². The Labute approximate surface area is 86.3 Å². The van der Waals surface area contributed by atoms with E-state index in [1.807, 2.05) is 21.0 Å². The van der Waals surface area contributed by atoms with Gasteiger partial charge in [0.1, 0.15) is 0 Å². The Kier molecular flexibility index (Phi) is 11.4. The lowest BCUT2D eigenvalue weighted by atomic mass is 10.4. The van der Waals surface area contributed by atoms with Gasteiger partial charge in [0, 0.05) is 12.2 Å². The molecule has 84 valence electrons. The lowest BCUT2D eigenvalue weighted by Crippen LogP contribution is -2.18. The van der Waals surface area contributed by atoms with Crippen LogP contribution in [0.3, 0.4) is 0 Å². The molecule has 0 radical (unpaired) electrons. The van der Waals surface area contributed by atoms with Gasteiger partial charge < -0.3 is 14.8 Å². The maximum atomic E-state index is 10.8. The van der Waals surface area contributed by atoms with Crippen LogP contribution in [0.1, 0.15) is 20.8 Å². The highest BCUT2D eigenvalue weighted by molar-refractivity contribution is 5.86. The van der Waals surface area contributed by atoms with E-state index in [0.29, 0.717) is 12.2 Å². The van der Waals surface area contributed by atoms with E-state index in [0.717, 1.165) is 0 Å². The number of carbonyl (C=O) groups excluding carboxylic acids is 1. The molecule has 0 aliphatic heterocycles. The second-order valence-corrected chi connectivity index (χ2v) is 2.71. The molecule has 0 aromatic carbocycles. The van der Waals surface area contributed by atoms with Crippen LogP contribution in [0.15, 0.2) is 12.2 Å². The molecular weight excluding hydrogens is 182 g/mol. The molecule has 0 aromatic heterocycles. The van der Waals surface area contributed by atoms with Gasteiger partial charge in [-0.25, -0.2) is 4.79 Å². The number of ether oxygens (including phenoxy) is 2. The predicted molar refractivity (Wildman–Crippen MR) is 57.0 cm³/mol. The van der Waals surface area contributed by atoms with Crippen LogP contribution in [-0.4, -0.2) is 33.0 Å². The molecule has 1 atom stereocenters. The molecular formula is C10H21NO3. The predicted octanol–water partition coefficient (Wildman–Crippen LogP) is 1.32. The van der Waals surface area contributed by atoms with Crippen molar-refractivity contribution in [3.05, 3.63) is 12.2 Å². The summed E-state index contributed by atoms with van der Waals surface area (Å²) in [5.74, 6) is -0.411. The zero-order valence-electron chi connectivity index (χ0n) is 9.72. The molecule has 4 nitrogen and oxygen atoms in total. The van der Waals surface area contributed by atoms with Crippen LogP contribution in [0, 0.1) is 0 Å². The topological polar surface area (TPSA) is 47.6 Å². The fourth-order valence-electron chi connectivity index (χ4n) is 0.520. The van der Waals surface area contributed by atoms with Gasteiger partial charge in [0.25, 0.3) is 0 Å². The largest absolute Gasteiger partial charge is 0.433 e. The van der Waals surface area contributed by atoms with Gasteiger partial charge in [-0.1, -0.05) is 6.58 Å². The first kappa shape index (κ1) is 15.6. The van der Waals surface area contributed by atoms with Gasteiger partial charge >= 0.3 is 5.97 Å². The van der Waals surface area contributed by atoms with Gasteiger partial charge in [0.15, 0.2) is 6.29 Å². The van der Waals surface area contributed by atoms with E-state index in [1.54, 1.807) is 13.8 Å². The van der Waals surface area contributed by atoms with Crippen LogP contribution >= 0.6 is 0 Å².